The van der Waals surface area contributed by atoms with Crippen LogP contribution in [0.4, 0.5) is 4.79 Å². The Morgan fingerprint density at radius 1 is 1.38 bits per heavy atom. The van der Waals surface area contributed by atoms with Crippen molar-refractivity contribution in [1.29, 1.82) is 0 Å². The molecule has 1 heterocycles. The van der Waals surface area contributed by atoms with Crippen molar-refractivity contribution in [3.05, 3.63) is 40.8 Å². The molecule has 8 heteroatoms. The van der Waals surface area contributed by atoms with Gasteiger partial charge in [-0.15, -0.1) is 6.58 Å². The molecular formula is C18H19NO6S. The Bertz CT molecular complexity index is 801. The van der Waals surface area contributed by atoms with Crippen LogP contribution < -0.4 is 4.74 Å². The first-order valence-corrected chi connectivity index (χ1v) is 8.51. The van der Waals surface area contributed by atoms with Crippen molar-refractivity contribution in [2.24, 2.45) is 0 Å². The summed E-state index contributed by atoms with van der Waals surface area (Å²) in [5.74, 6) is -1.00. The van der Waals surface area contributed by atoms with Crippen molar-refractivity contribution in [3.63, 3.8) is 0 Å². The van der Waals surface area contributed by atoms with E-state index in [-0.39, 0.29) is 16.4 Å². The van der Waals surface area contributed by atoms with Crippen molar-refractivity contribution < 1.29 is 29.0 Å². The maximum atomic E-state index is 12.5. The number of phenols is 1. The highest BCUT2D eigenvalue weighted by Crippen LogP contribution is 2.37. The summed E-state index contributed by atoms with van der Waals surface area (Å²) in [5, 5.41) is 9.58. The standard InChI is InChI=1S/C18H19NO6S/c1-5-6-12-7-11(8-13(24-3)15(12)20)9-14-16(21)19(18(23)26-14)10(2)17(22)25-4/h5,7-10,20H,1,6H2,2-4H3/b14-9+. The molecule has 0 bridgehead atoms. The fourth-order valence-electron chi connectivity index (χ4n) is 2.48. The molecule has 0 saturated carbocycles. The first-order chi connectivity index (χ1) is 12.3. The highest BCUT2D eigenvalue weighted by Gasteiger charge is 2.41. The van der Waals surface area contributed by atoms with Crippen molar-refractivity contribution in [2.45, 2.75) is 19.4 Å². The van der Waals surface area contributed by atoms with Crippen LogP contribution in [0, 0.1) is 0 Å². The lowest BCUT2D eigenvalue weighted by atomic mass is 10.1. The van der Waals surface area contributed by atoms with E-state index in [0.717, 1.165) is 16.7 Å². The first kappa shape index (κ1) is 19.6. The molecule has 0 aromatic heterocycles. The third kappa shape index (κ3) is 3.75. The van der Waals surface area contributed by atoms with Crippen molar-refractivity contribution in [3.8, 4) is 11.5 Å². The molecule has 1 aromatic rings. The van der Waals surface area contributed by atoms with Gasteiger partial charge in [-0.05, 0) is 48.9 Å². The molecule has 1 N–H and O–H groups in total. The predicted molar refractivity (Wildman–Crippen MR) is 97.8 cm³/mol. The van der Waals surface area contributed by atoms with Crippen molar-refractivity contribution >= 4 is 35.0 Å². The number of aromatic hydroxyl groups is 1. The highest BCUT2D eigenvalue weighted by molar-refractivity contribution is 8.18. The van der Waals surface area contributed by atoms with Crippen LogP contribution in [-0.4, -0.2) is 47.4 Å². The number of hydrogen-bond donors (Lipinski definition) is 1. The van der Waals surface area contributed by atoms with Gasteiger partial charge in [0.25, 0.3) is 11.1 Å². The molecule has 1 aliphatic rings. The number of carbonyl (C=O) groups excluding carboxylic acids is 3. The van der Waals surface area contributed by atoms with E-state index in [1.54, 1.807) is 18.2 Å². The molecule has 1 fully saturated rings. The molecule has 1 saturated heterocycles. The zero-order valence-electron chi connectivity index (χ0n) is 14.6. The minimum atomic E-state index is -1.01. The lowest BCUT2D eigenvalue weighted by Gasteiger charge is -2.18. The normalized spacial score (nSPS) is 16.7. The van der Waals surface area contributed by atoms with Crippen LogP contribution in [0.25, 0.3) is 6.08 Å². The van der Waals surface area contributed by atoms with E-state index in [4.69, 9.17) is 4.74 Å². The van der Waals surface area contributed by atoms with Crippen LogP contribution in [0.15, 0.2) is 29.7 Å². The number of nitrogens with zero attached hydrogens (tertiary/aromatic N) is 1. The molecule has 138 valence electrons. The van der Waals surface area contributed by atoms with Crippen LogP contribution in [0.1, 0.15) is 18.1 Å². The number of hydrogen-bond acceptors (Lipinski definition) is 7. The molecule has 2 amide bonds. The fraction of sp³-hybridized carbons (Fsp3) is 0.278. The maximum Gasteiger partial charge on any atom is 0.328 e. The van der Waals surface area contributed by atoms with E-state index in [2.05, 4.69) is 11.3 Å². The Morgan fingerprint density at radius 2 is 2.08 bits per heavy atom. The van der Waals surface area contributed by atoms with Crippen LogP contribution in [0.5, 0.6) is 11.5 Å². The van der Waals surface area contributed by atoms with Gasteiger partial charge in [-0.25, -0.2) is 4.79 Å². The average Bonchev–Trinajstić information content (AvgIpc) is 2.89. The summed E-state index contributed by atoms with van der Waals surface area (Å²) in [6.07, 6.45) is 3.55. The average molecular weight is 377 g/mol. The number of ether oxygens (including phenoxy) is 2. The summed E-state index contributed by atoms with van der Waals surface area (Å²) in [6, 6.07) is 2.22. The second-order valence-corrected chi connectivity index (χ2v) is 6.47. The zero-order valence-corrected chi connectivity index (χ0v) is 15.5. The van der Waals surface area contributed by atoms with Gasteiger partial charge in [0.05, 0.1) is 19.1 Å². The Kier molecular flexibility index (Phi) is 6.10. The second kappa shape index (κ2) is 8.09. The van der Waals surface area contributed by atoms with Gasteiger partial charge < -0.3 is 14.6 Å². The van der Waals surface area contributed by atoms with Gasteiger partial charge >= 0.3 is 5.97 Å². The van der Waals surface area contributed by atoms with Gasteiger partial charge in [-0.3, -0.25) is 14.5 Å². The lowest BCUT2D eigenvalue weighted by molar-refractivity contribution is -0.148. The Morgan fingerprint density at radius 3 is 2.65 bits per heavy atom. The summed E-state index contributed by atoms with van der Waals surface area (Å²) in [4.78, 5) is 37.3. The summed E-state index contributed by atoms with van der Waals surface area (Å²) in [6.45, 7) is 5.07. The van der Waals surface area contributed by atoms with Crippen LogP contribution in [-0.2, 0) is 20.7 Å². The largest absolute Gasteiger partial charge is 0.504 e. The lowest BCUT2D eigenvalue weighted by Crippen LogP contribution is -2.42. The van der Waals surface area contributed by atoms with Gasteiger partial charge in [0, 0.05) is 5.56 Å². The fourth-order valence-corrected chi connectivity index (χ4v) is 3.39. The van der Waals surface area contributed by atoms with Crippen LogP contribution in [0.3, 0.4) is 0 Å². The zero-order chi connectivity index (χ0) is 19.4. The predicted octanol–water partition coefficient (Wildman–Crippen LogP) is 2.73. The van der Waals surface area contributed by atoms with Crippen LogP contribution >= 0.6 is 11.8 Å². The Hall–Kier alpha value is -2.74. The number of amides is 2. The number of benzene rings is 1. The first-order valence-electron chi connectivity index (χ1n) is 7.69. The van der Waals surface area contributed by atoms with Crippen LogP contribution in [0.2, 0.25) is 0 Å². The minimum Gasteiger partial charge on any atom is -0.504 e. The number of phenolic OH excluding ortho intramolecular Hbond substituents is 1. The molecule has 26 heavy (non-hydrogen) atoms. The molecule has 2 rings (SSSR count). The summed E-state index contributed by atoms with van der Waals surface area (Å²) in [7, 11) is 2.61. The quantitative estimate of drug-likeness (QED) is 0.463. The van der Waals surface area contributed by atoms with E-state index >= 15 is 0 Å². The molecule has 7 nitrogen and oxygen atoms in total. The second-order valence-electron chi connectivity index (χ2n) is 5.47. The number of carbonyl (C=O) groups is 3. The van der Waals surface area contributed by atoms with Crippen molar-refractivity contribution in [1.82, 2.24) is 4.90 Å². The van der Waals surface area contributed by atoms with E-state index < -0.39 is 23.2 Å². The molecule has 1 unspecified atom stereocenters. The highest BCUT2D eigenvalue weighted by atomic mass is 32.2. The molecule has 0 spiro atoms. The summed E-state index contributed by atoms with van der Waals surface area (Å²) < 4.78 is 9.74. The van der Waals surface area contributed by atoms with Crippen molar-refractivity contribution in [2.75, 3.05) is 14.2 Å². The maximum absolute atomic E-state index is 12.5. The Labute approximate surface area is 155 Å². The molecule has 1 aliphatic heterocycles. The number of allylic oxidation sites excluding steroid dienone is 1. The van der Waals surface area contributed by atoms with Gasteiger partial charge in [-0.2, -0.15) is 0 Å². The SMILES string of the molecule is C=CCc1cc(/C=C2/SC(=O)N(C(C)C(=O)OC)C2=O)cc(OC)c1O. The number of methoxy groups -OCH3 is 2. The monoisotopic (exact) mass is 377 g/mol. The van der Waals surface area contributed by atoms with E-state index in [1.807, 2.05) is 0 Å². The van der Waals surface area contributed by atoms with Gasteiger partial charge in [0.15, 0.2) is 11.5 Å². The van der Waals surface area contributed by atoms with Gasteiger partial charge in [0.1, 0.15) is 6.04 Å². The number of rotatable bonds is 6. The molecule has 1 aromatic carbocycles. The van der Waals surface area contributed by atoms with E-state index in [1.165, 1.54) is 27.2 Å². The molecule has 0 radical (unpaired) electrons. The number of imide groups is 1. The third-order valence-corrected chi connectivity index (χ3v) is 4.69. The van der Waals surface area contributed by atoms with E-state index in [9.17, 15) is 19.5 Å². The topological polar surface area (TPSA) is 93.1 Å². The molecular weight excluding hydrogens is 358 g/mol. The number of esters is 1. The summed E-state index contributed by atoms with van der Waals surface area (Å²) in [5.41, 5.74) is 1.15. The molecule has 0 aliphatic carbocycles. The van der Waals surface area contributed by atoms with E-state index in [0.29, 0.717) is 17.5 Å². The van der Waals surface area contributed by atoms with Gasteiger partial charge in [-0.1, -0.05) is 6.08 Å². The summed E-state index contributed by atoms with van der Waals surface area (Å²) >= 11 is 0.737. The Balaban J connectivity index is 2.40. The van der Waals surface area contributed by atoms with Gasteiger partial charge in [0.2, 0.25) is 0 Å². The third-order valence-electron chi connectivity index (χ3n) is 3.81. The minimum absolute atomic E-state index is 0.00281. The number of thioether (sulfide) groups is 1. The smallest absolute Gasteiger partial charge is 0.328 e. The molecule has 1 atom stereocenters.